The highest BCUT2D eigenvalue weighted by Gasteiger charge is 2.36. The molecule has 0 saturated heterocycles. The second kappa shape index (κ2) is 19.5. The lowest BCUT2D eigenvalue weighted by molar-refractivity contribution is -0.153. The van der Waals surface area contributed by atoms with Crippen LogP contribution in [0.4, 0.5) is 9.59 Å². The van der Waals surface area contributed by atoms with Crippen LogP contribution in [-0.4, -0.2) is 47.2 Å². The number of nitrogens with zero attached hydrogens (tertiary/aromatic N) is 2. The highest BCUT2D eigenvalue weighted by molar-refractivity contribution is 5.94. The topological polar surface area (TPSA) is 102 Å². The molecule has 2 aromatic rings. The van der Waals surface area contributed by atoms with E-state index in [0.717, 1.165) is 25.7 Å². The fourth-order valence-corrected chi connectivity index (χ4v) is 3.58. The van der Waals surface area contributed by atoms with Crippen LogP contribution in [-0.2, 0) is 37.0 Å². The smallest absolute Gasteiger partial charge is 0.436 e. The predicted octanol–water partition coefficient (Wildman–Crippen LogP) is 6.19. The van der Waals surface area contributed by atoms with Crippen LogP contribution in [0.15, 0.2) is 72.8 Å². The van der Waals surface area contributed by atoms with Crippen molar-refractivity contribution in [1.82, 2.24) is 10.0 Å². The maximum Gasteiger partial charge on any atom is 0.436 e. The molecule has 0 fully saturated rings. The number of hydrazine groups is 1. The third-order valence-electron chi connectivity index (χ3n) is 5.73. The van der Waals surface area contributed by atoms with Crippen LogP contribution >= 0.6 is 0 Å². The molecule has 0 aromatic heterocycles. The van der Waals surface area contributed by atoms with Crippen molar-refractivity contribution in [3.8, 4) is 12.3 Å². The van der Waals surface area contributed by atoms with Gasteiger partial charge in [0.1, 0.15) is 26.4 Å². The normalized spacial score (nSPS) is 10.4. The van der Waals surface area contributed by atoms with E-state index in [-0.39, 0.29) is 32.7 Å². The zero-order valence-corrected chi connectivity index (χ0v) is 23.5. The molecule has 9 heteroatoms. The summed E-state index contributed by atoms with van der Waals surface area (Å²) in [4.78, 5) is 52.4. The summed E-state index contributed by atoms with van der Waals surface area (Å²) >= 11 is 0. The predicted molar refractivity (Wildman–Crippen MR) is 154 cm³/mol. The number of benzene rings is 2. The fourth-order valence-electron chi connectivity index (χ4n) is 3.58. The van der Waals surface area contributed by atoms with Crippen LogP contribution in [0.5, 0.6) is 0 Å². The Bertz CT molecular complexity index is 1160. The first-order valence-electron chi connectivity index (χ1n) is 13.7. The number of imide groups is 1. The standard InChI is InChI=1S/C32H38N2O7/c1-3-5-7-8-9-10-17-22-29(35)34(32(38)41-26-28-20-15-12-16-21-28)33(24-30(36)39-23-6-4-2)31(37)40-25-27-18-13-11-14-19-27/h2,9-16,18-21H,3,5-8,17,22-26H2,1H3/b10-9+. The highest BCUT2D eigenvalue weighted by atomic mass is 16.6. The van der Waals surface area contributed by atoms with E-state index in [1.807, 2.05) is 24.3 Å². The Morgan fingerprint density at radius 2 is 1.39 bits per heavy atom. The van der Waals surface area contributed by atoms with Crippen LogP contribution in [0, 0.1) is 12.3 Å². The van der Waals surface area contributed by atoms with E-state index in [1.54, 1.807) is 48.5 Å². The Balaban J connectivity index is 2.24. The van der Waals surface area contributed by atoms with Crippen molar-refractivity contribution in [2.24, 2.45) is 0 Å². The van der Waals surface area contributed by atoms with E-state index < -0.39 is 30.6 Å². The Labute approximate surface area is 242 Å². The molecule has 218 valence electrons. The minimum atomic E-state index is -1.13. The minimum absolute atomic E-state index is 0.0859. The maximum absolute atomic E-state index is 13.4. The lowest BCUT2D eigenvalue weighted by atomic mass is 10.2. The molecule has 0 spiro atoms. The number of esters is 1. The quantitative estimate of drug-likeness (QED) is 0.0637. The minimum Gasteiger partial charge on any atom is -0.463 e. The van der Waals surface area contributed by atoms with E-state index in [4.69, 9.17) is 20.6 Å². The zero-order valence-electron chi connectivity index (χ0n) is 23.5. The second-order valence-corrected chi connectivity index (χ2v) is 9.02. The van der Waals surface area contributed by atoms with Gasteiger partial charge in [0.05, 0.1) is 0 Å². The van der Waals surface area contributed by atoms with E-state index in [1.165, 1.54) is 0 Å². The SMILES string of the molecule is C#CCCOC(=O)CN(C(=O)OCc1ccccc1)N(C(=O)CC/C=C/CCCCC)C(=O)OCc1ccccc1. The average Bonchev–Trinajstić information content (AvgIpc) is 2.99. The molecule has 0 unspecified atom stereocenters. The molecule has 0 bridgehead atoms. The van der Waals surface area contributed by atoms with Gasteiger partial charge in [-0.15, -0.1) is 17.4 Å². The molecule has 0 heterocycles. The molecule has 0 atom stereocenters. The largest absolute Gasteiger partial charge is 0.463 e. The van der Waals surface area contributed by atoms with E-state index >= 15 is 0 Å². The summed E-state index contributed by atoms with van der Waals surface area (Å²) < 4.78 is 15.8. The Morgan fingerprint density at radius 3 is 1.98 bits per heavy atom. The Kier molecular flexibility index (Phi) is 15.5. The number of hydrogen-bond donors (Lipinski definition) is 0. The summed E-state index contributed by atoms with van der Waals surface area (Å²) in [6.07, 6.45) is 11.4. The molecule has 0 aliphatic heterocycles. The third-order valence-corrected chi connectivity index (χ3v) is 5.73. The van der Waals surface area contributed by atoms with Gasteiger partial charge in [0, 0.05) is 12.8 Å². The number of amides is 3. The van der Waals surface area contributed by atoms with Gasteiger partial charge >= 0.3 is 18.2 Å². The van der Waals surface area contributed by atoms with Crippen LogP contribution in [0.1, 0.15) is 63.0 Å². The summed E-state index contributed by atoms with van der Waals surface area (Å²) in [5.74, 6) is 0.731. The first kappa shape index (κ1) is 32.6. The summed E-state index contributed by atoms with van der Waals surface area (Å²) in [5, 5.41) is 1.13. The Hall–Kier alpha value is -4.58. The van der Waals surface area contributed by atoms with Gasteiger partial charge in [0.25, 0.3) is 5.91 Å². The number of rotatable bonds is 15. The van der Waals surface area contributed by atoms with Crippen LogP contribution in [0.25, 0.3) is 0 Å². The number of hydrogen-bond acceptors (Lipinski definition) is 7. The van der Waals surface area contributed by atoms with E-state index in [0.29, 0.717) is 27.6 Å². The number of carbonyl (C=O) groups excluding carboxylic acids is 4. The molecular formula is C32H38N2O7. The number of allylic oxidation sites excluding steroid dienone is 2. The van der Waals surface area contributed by atoms with Crippen molar-refractivity contribution >= 4 is 24.1 Å². The summed E-state index contributed by atoms with van der Waals surface area (Å²) in [6.45, 7) is 0.967. The number of carbonyl (C=O) groups is 4. The molecule has 2 rings (SSSR count). The van der Waals surface area contributed by atoms with E-state index in [2.05, 4.69) is 12.8 Å². The molecule has 41 heavy (non-hydrogen) atoms. The molecule has 0 aliphatic carbocycles. The van der Waals surface area contributed by atoms with Crippen molar-refractivity contribution < 1.29 is 33.4 Å². The van der Waals surface area contributed by atoms with Gasteiger partial charge in [-0.1, -0.05) is 92.6 Å². The van der Waals surface area contributed by atoms with Crippen molar-refractivity contribution in [3.63, 3.8) is 0 Å². The summed E-state index contributed by atoms with van der Waals surface area (Å²) in [7, 11) is 0. The number of terminal acetylenes is 1. The zero-order chi connectivity index (χ0) is 29.7. The molecular weight excluding hydrogens is 524 g/mol. The summed E-state index contributed by atoms with van der Waals surface area (Å²) in [6, 6.07) is 17.7. The number of ether oxygens (including phenoxy) is 3. The lowest BCUT2D eigenvalue weighted by Gasteiger charge is -2.30. The van der Waals surface area contributed by atoms with Gasteiger partial charge < -0.3 is 14.2 Å². The van der Waals surface area contributed by atoms with Crippen molar-refractivity contribution in [2.45, 2.75) is 65.1 Å². The van der Waals surface area contributed by atoms with Crippen LogP contribution in [0.2, 0.25) is 0 Å². The first-order chi connectivity index (χ1) is 20.0. The Morgan fingerprint density at radius 1 is 0.805 bits per heavy atom. The molecule has 2 aromatic carbocycles. The first-order valence-corrected chi connectivity index (χ1v) is 13.7. The van der Waals surface area contributed by atoms with Gasteiger partial charge in [0.2, 0.25) is 0 Å². The van der Waals surface area contributed by atoms with Gasteiger partial charge in [-0.3, -0.25) is 9.59 Å². The maximum atomic E-state index is 13.4. The average molecular weight is 563 g/mol. The van der Waals surface area contributed by atoms with Crippen LogP contribution < -0.4 is 0 Å². The molecule has 9 nitrogen and oxygen atoms in total. The summed E-state index contributed by atoms with van der Waals surface area (Å²) in [5.41, 5.74) is 1.35. The van der Waals surface area contributed by atoms with Crippen LogP contribution in [0.3, 0.4) is 0 Å². The number of unbranched alkanes of at least 4 members (excludes halogenated alkanes) is 3. The molecule has 0 N–H and O–H groups in total. The monoisotopic (exact) mass is 562 g/mol. The van der Waals surface area contributed by atoms with Gasteiger partial charge in [0.15, 0.2) is 0 Å². The van der Waals surface area contributed by atoms with Gasteiger partial charge in [-0.05, 0) is 30.4 Å². The molecule has 0 aliphatic rings. The highest BCUT2D eigenvalue weighted by Crippen LogP contribution is 2.13. The van der Waals surface area contributed by atoms with Crippen molar-refractivity contribution in [3.05, 3.63) is 83.9 Å². The van der Waals surface area contributed by atoms with Gasteiger partial charge in [-0.25, -0.2) is 9.59 Å². The third kappa shape index (κ3) is 12.9. The van der Waals surface area contributed by atoms with Crippen molar-refractivity contribution in [1.29, 1.82) is 0 Å². The molecule has 0 saturated carbocycles. The fraction of sp³-hybridized carbons (Fsp3) is 0.375. The van der Waals surface area contributed by atoms with E-state index in [9.17, 15) is 19.2 Å². The molecule has 3 amide bonds. The van der Waals surface area contributed by atoms with Gasteiger partial charge in [-0.2, -0.15) is 5.01 Å². The second-order valence-electron chi connectivity index (χ2n) is 9.02. The molecule has 0 radical (unpaired) electrons. The lowest BCUT2D eigenvalue weighted by Crippen LogP contribution is -2.55. The van der Waals surface area contributed by atoms with Crippen molar-refractivity contribution in [2.75, 3.05) is 13.2 Å².